The minimum atomic E-state index is -3.78. The summed E-state index contributed by atoms with van der Waals surface area (Å²) in [4.78, 5) is 16.2. The van der Waals surface area contributed by atoms with Crippen molar-refractivity contribution in [3.05, 3.63) is 54.6 Å². The van der Waals surface area contributed by atoms with Gasteiger partial charge in [0.2, 0.25) is 15.9 Å². The van der Waals surface area contributed by atoms with Gasteiger partial charge in [-0.1, -0.05) is 6.07 Å². The van der Waals surface area contributed by atoms with Gasteiger partial charge in [-0.2, -0.15) is 0 Å². The van der Waals surface area contributed by atoms with Gasteiger partial charge in [-0.05, 0) is 37.3 Å². The van der Waals surface area contributed by atoms with Crippen molar-refractivity contribution < 1.29 is 17.6 Å². The highest BCUT2D eigenvalue weighted by molar-refractivity contribution is 7.92. The Morgan fingerprint density at radius 2 is 2.04 bits per heavy atom. The molecule has 1 heterocycles. The molecule has 0 aliphatic heterocycles. The van der Waals surface area contributed by atoms with E-state index in [2.05, 4.69) is 10.3 Å². The molecule has 1 N–H and O–H groups in total. The maximum atomic E-state index is 13.4. The fraction of sp³-hybridized carbons (Fsp3) is 0.200. The molecule has 0 unspecified atom stereocenters. The summed E-state index contributed by atoms with van der Waals surface area (Å²) in [6, 6.07) is 7.28. The highest BCUT2D eigenvalue weighted by Gasteiger charge is 2.29. The predicted molar refractivity (Wildman–Crippen MR) is 86.1 cm³/mol. The zero-order chi connectivity index (χ0) is 17.0. The van der Waals surface area contributed by atoms with Crippen LogP contribution in [0.15, 0.2) is 48.8 Å². The van der Waals surface area contributed by atoms with E-state index in [9.17, 15) is 17.6 Å². The molecule has 8 heteroatoms. The Hall–Kier alpha value is -2.48. The smallest absolute Gasteiger partial charge is 0.248 e. The van der Waals surface area contributed by atoms with Gasteiger partial charge in [-0.3, -0.25) is 14.1 Å². The summed E-state index contributed by atoms with van der Waals surface area (Å²) in [6.07, 6.45) is 3.96. The Labute approximate surface area is 134 Å². The highest BCUT2D eigenvalue weighted by Crippen LogP contribution is 2.22. The lowest BCUT2D eigenvalue weighted by atomic mass is 10.2. The first-order valence-electron chi connectivity index (χ1n) is 6.75. The first-order valence-corrected chi connectivity index (χ1v) is 8.60. The number of hydrogen-bond acceptors (Lipinski definition) is 4. The Balaban J connectivity index is 2.31. The van der Waals surface area contributed by atoms with Crippen molar-refractivity contribution in [2.75, 3.05) is 15.9 Å². The molecule has 0 saturated heterocycles. The molecule has 0 spiro atoms. The number of hydrogen-bond donors (Lipinski definition) is 1. The number of sulfonamides is 1. The van der Waals surface area contributed by atoms with Crippen LogP contribution in [-0.4, -0.2) is 31.6 Å². The zero-order valence-corrected chi connectivity index (χ0v) is 13.4. The van der Waals surface area contributed by atoms with E-state index in [1.807, 2.05) is 0 Å². The van der Waals surface area contributed by atoms with Crippen LogP contribution in [0.25, 0.3) is 0 Å². The minimum absolute atomic E-state index is 0.0846. The number of benzene rings is 1. The van der Waals surface area contributed by atoms with Crippen molar-refractivity contribution in [2.24, 2.45) is 0 Å². The van der Waals surface area contributed by atoms with Crippen molar-refractivity contribution in [3.8, 4) is 0 Å². The molecular formula is C15H16FN3O3S. The van der Waals surface area contributed by atoms with Crippen LogP contribution in [0.5, 0.6) is 0 Å². The third-order valence-corrected chi connectivity index (χ3v) is 4.32. The second-order valence-corrected chi connectivity index (χ2v) is 6.81. The Bertz CT molecular complexity index is 797. The summed E-state index contributed by atoms with van der Waals surface area (Å²) in [5, 5.41) is 2.58. The van der Waals surface area contributed by atoms with E-state index in [4.69, 9.17) is 0 Å². The van der Waals surface area contributed by atoms with Crippen LogP contribution in [0, 0.1) is 5.82 Å². The van der Waals surface area contributed by atoms with E-state index in [0.717, 1.165) is 16.6 Å². The van der Waals surface area contributed by atoms with Gasteiger partial charge in [-0.15, -0.1) is 0 Å². The first-order chi connectivity index (χ1) is 10.8. The van der Waals surface area contributed by atoms with Gasteiger partial charge in [-0.25, -0.2) is 12.8 Å². The maximum absolute atomic E-state index is 13.4. The van der Waals surface area contributed by atoms with Crippen LogP contribution in [0.3, 0.4) is 0 Å². The number of amides is 1. The number of rotatable bonds is 5. The van der Waals surface area contributed by atoms with Crippen LogP contribution in [0.2, 0.25) is 0 Å². The minimum Gasteiger partial charge on any atom is -0.323 e. The molecule has 2 aromatic rings. The predicted octanol–water partition coefficient (Wildman–Crippen LogP) is 2.01. The normalized spacial score (nSPS) is 12.5. The quantitative estimate of drug-likeness (QED) is 0.905. The SMILES string of the molecule is C[C@H](C(=O)Nc1cccnc1)N(c1cccc(F)c1)S(C)(=O)=O. The van der Waals surface area contributed by atoms with Gasteiger partial charge in [0.25, 0.3) is 0 Å². The third kappa shape index (κ3) is 4.26. The number of aromatic nitrogens is 1. The van der Waals surface area contributed by atoms with E-state index in [0.29, 0.717) is 5.69 Å². The number of halogens is 1. The van der Waals surface area contributed by atoms with E-state index in [1.165, 1.54) is 31.3 Å². The van der Waals surface area contributed by atoms with E-state index >= 15 is 0 Å². The molecule has 0 aliphatic rings. The molecule has 122 valence electrons. The van der Waals surface area contributed by atoms with Crippen molar-refractivity contribution >= 4 is 27.3 Å². The summed E-state index contributed by atoms with van der Waals surface area (Å²) in [6.45, 7) is 1.43. The lowest BCUT2D eigenvalue weighted by Gasteiger charge is -2.28. The van der Waals surface area contributed by atoms with Crippen LogP contribution in [-0.2, 0) is 14.8 Å². The Morgan fingerprint density at radius 1 is 1.30 bits per heavy atom. The molecule has 1 atom stereocenters. The Morgan fingerprint density at radius 3 is 2.61 bits per heavy atom. The summed E-state index contributed by atoms with van der Waals surface area (Å²) < 4.78 is 38.4. The van der Waals surface area contributed by atoms with E-state index in [-0.39, 0.29) is 5.69 Å². The molecule has 1 aromatic heterocycles. The molecule has 0 radical (unpaired) electrons. The summed E-state index contributed by atoms with van der Waals surface area (Å²) in [5.41, 5.74) is 0.526. The topological polar surface area (TPSA) is 79.4 Å². The number of carbonyl (C=O) groups excluding carboxylic acids is 1. The molecule has 0 aliphatic carbocycles. The molecule has 1 amide bonds. The van der Waals surface area contributed by atoms with Gasteiger partial charge >= 0.3 is 0 Å². The molecule has 0 fully saturated rings. The summed E-state index contributed by atoms with van der Waals surface area (Å²) >= 11 is 0. The third-order valence-electron chi connectivity index (χ3n) is 3.08. The first kappa shape index (κ1) is 16.9. The number of carbonyl (C=O) groups is 1. The van der Waals surface area contributed by atoms with Gasteiger partial charge in [0, 0.05) is 6.20 Å². The molecule has 23 heavy (non-hydrogen) atoms. The van der Waals surface area contributed by atoms with Gasteiger partial charge in [0.15, 0.2) is 0 Å². The molecule has 0 bridgehead atoms. The van der Waals surface area contributed by atoms with Crippen molar-refractivity contribution in [1.29, 1.82) is 0 Å². The number of nitrogens with one attached hydrogen (secondary N) is 1. The van der Waals surface area contributed by atoms with Crippen molar-refractivity contribution in [1.82, 2.24) is 4.98 Å². The van der Waals surface area contributed by atoms with Crippen molar-refractivity contribution in [3.63, 3.8) is 0 Å². The second-order valence-electron chi connectivity index (χ2n) is 4.95. The summed E-state index contributed by atoms with van der Waals surface area (Å²) in [5.74, 6) is -1.14. The van der Waals surface area contributed by atoms with Crippen LogP contribution in [0.4, 0.5) is 15.8 Å². The van der Waals surface area contributed by atoms with Crippen LogP contribution < -0.4 is 9.62 Å². The fourth-order valence-corrected chi connectivity index (χ4v) is 3.27. The van der Waals surface area contributed by atoms with Gasteiger partial charge < -0.3 is 5.32 Å². The van der Waals surface area contributed by atoms with Crippen molar-refractivity contribution in [2.45, 2.75) is 13.0 Å². The lowest BCUT2D eigenvalue weighted by molar-refractivity contribution is -0.116. The summed E-state index contributed by atoms with van der Waals surface area (Å²) in [7, 11) is -3.78. The zero-order valence-electron chi connectivity index (χ0n) is 12.6. The van der Waals surface area contributed by atoms with E-state index in [1.54, 1.807) is 18.3 Å². The van der Waals surface area contributed by atoms with Gasteiger partial charge in [0.05, 0.1) is 23.8 Å². The molecule has 2 rings (SSSR count). The molecular weight excluding hydrogens is 321 g/mol. The second kappa shape index (κ2) is 6.74. The number of pyridine rings is 1. The average Bonchev–Trinajstić information content (AvgIpc) is 2.47. The van der Waals surface area contributed by atoms with Gasteiger partial charge in [0.1, 0.15) is 11.9 Å². The Kier molecular flexibility index (Phi) is 4.95. The van der Waals surface area contributed by atoms with E-state index < -0.39 is 27.8 Å². The fourth-order valence-electron chi connectivity index (χ4n) is 2.11. The highest BCUT2D eigenvalue weighted by atomic mass is 32.2. The number of anilines is 2. The van der Waals surface area contributed by atoms with Crippen LogP contribution in [0.1, 0.15) is 6.92 Å². The maximum Gasteiger partial charge on any atom is 0.248 e. The monoisotopic (exact) mass is 337 g/mol. The molecule has 0 saturated carbocycles. The molecule has 6 nitrogen and oxygen atoms in total. The standard InChI is InChI=1S/C15H16FN3O3S/c1-11(15(20)18-13-6-4-8-17-10-13)19(23(2,21)22)14-7-3-5-12(16)9-14/h3-11H,1-2H3,(H,18,20)/t11-/m1/s1. The largest absolute Gasteiger partial charge is 0.323 e. The lowest BCUT2D eigenvalue weighted by Crippen LogP contribution is -2.45. The average molecular weight is 337 g/mol. The van der Waals surface area contributed by atoms with Crippen LogP contribution >= 0.6 is 0 Å². The number of nitrogens with zero attached hydrogens (tertiary/aromatic N) is 2. The molecule has 1 aromatic carbocycles.